The zero-order valence-electron chi connectivity index (χ0n) is 12.9. The van der Waals surface area contributed by atoms with Gasteiger partial charge in [0.1, 0.15) is 6.61 Å². The molecule has 4 nitrogen and oxygen atoms in total. The predicted molar refractivity (Wildman–Crippen MR) is 82.5 cm³/mol. The van der Waals surface area contributed by atoms with Crippen LogP contribution in [0.3, 0.4) is 0 Å². The fourth-order valence-electron chi connectivity index (χ4n) is 2.06. The van der Waals surface area contributed by atoms with Crippen LogP contribution in [0.25, 0.3) is 0 Å². The van der Waals surface area contributed by atoms with Crippen LogP contribution < -0.4 is 0 Å². The van der Waals surface area contributed by atoms with Crippen molar-refractivity contribution in [2.24, 2.45) is 5.92 Å². The van der Waals surface area contributed by atoms with Crippen molar-refractivity contribution in [1.29, 1.82) is 0 Å². The molecule has 0 heterocycles. The summed E-state index contributed by atoms with van der Waals surface area (Å²) in [6.07, 6.45) is 0.467. The molecular formula is C17H23NO3. The maximum atomic E-state index is 12.2. The van der Waals surface area contributed by atoms with Gasteiger partial charge in [-0.15, -0.1) is 0 Å². The van der Waals surface area contributed by atoms with E-state index in [0.29, 0.717) is 19.6 Å². The first-order valence-corrected chi connectivity index (χ1v) is 6.99. The van der Waals surface area contributed by atoms with Crippen molar-refractivity contribution in [3.63, 3.8) is 0 Å². The fraction of sp³-hybridized carbons (Fsp3) is 0.471. The Morgan fingerprint density at radius 3 is 2.81 bits per heavy atom. The van der Waals surface area contributed by atoms with Gasteiger partial charge >= 0.3 is 0 Å². The summed E-state index contributed by atoms with van der Waals surface area (Å²) < 4.78 is 5.05. The van der Waals surface area contributed by atoms with E-state index in [0.717, 1.165) is 11.1 Å². The van der Waals surface area contributed by atoms with Gasteiger partial charge in [0.15, 0.2) is 0 Å². The molecule has 0 saturated heterocycles. The molecule has 1 amide bonds. The van der Waals surface area contributed by atoms with Gasteiger partial charge in [-0.1, -0.05) is 37.0 Å². The predicted octanol–water partition coefficient (Wildman–Crippen LogP) is 1.66. The molecule has 0 aliphatic carbocycles. The smallest absolute Gasteiger partial charge is 0.222 e. The zero-order chi connectivity index (χ0) is 15.7. The van der Waals surface area contributed by atoms with E-state index in [1.807, 2.05) is 31.2 Å². The molecule has 0 bridgehead atoms. The first-order valence-electron chi connectivity index (χ1n) is 6.99. The Labute approximate surface area is 126 Å². The number of aliphatic hydroxyl groups excluding tert-OH is 1. The van der Waals surface area contributed by atoms with Crippen molar-refractivity contribution in [2.45, 2.75) is 19.9 Å². The van der Waals surface area contributed by atoms with Crippen LogP contribution in [0.4, 0.5) is 0 Å². The van der Waals surface area contributed by atoms with Gasteiger partial charge < -0.3 is 14.7 Å². The van der Waals surface area contributed by atoms with Crippen molar-refractivity contribution in [2.75, 3.05) is 27.4 Å². The lowest BCUT2D eigenvalue weighted by molar-refractivity contribution is -0.131. The molecule has 1 rings (SSSR count). The normalized spacial score (nSPS) is 11.4. The number of carbonyl (C=O) groups is 1. The highest BCUT2D eigenvalue weighted by Crippen LogP contribution is 2.12. The van der Waals surface area contributed by atoms with E-state index in [4.69, 9.17) is 9.84 Å². The lowest BCUT2D eigenvalue weighted by Gasteiger charge is -2.20. The van der Waals surface area contributed by atoms with Crippen LogP contribution >= 0.6 is 0 Å². The van der Waals surface area contributed by atoms with Gasteiger partial charge in [-0.25, -0.2) is 0 Å². The van der Waals surface area contributed by atoms with Crippen LogP contribution in [0.1, 0.15) is 24.5 Å². The van der Waals surface area contributed by atoms with Crippen LogP contribution in [0.5, 0.6) is 0 Å². The topological polar surface area (TPSA) is 49.8 Å². The van der Waals surface area contributed by atoms with Gasteiger partial charge in [0, 0.05) is 39.3 Å². The van der Waals surface area contributed by atoms with E-state index >= 15 is 0 Å². The number of amides is 1. The Morgan fingerprint density at radius 2 is 2.14 bits per heavy atom. The van der Waals surface area contributed by atoms with Gasteiger partial charge in [-0.2, -0.15) is 0 Å². The third-order valence-corrected chi connectivity index (χ3v) is 3.13. The van der Waals surface area contributed by atoms with Gasteiger partial charge in [-0.3, -0.25) is 4.79 Å². The number of rotatable bonds is 6. The summed E-state index contributed by atoms with van der Waals surface area (Å²) in [5.41, 5.74) is 1.82. The van der Waals surface area contributed by atoms with E-state index < -0.39 is 0 Å². The van der Waals surface area contributed by atoms with E-state index in [9.17, 15) is 4.79 Å². The number of carbonyl (C=O) groups excluding carboxylic acids is 1. The third kappa shape index (κ3) is 5.99. The molecule has 1 aromatic rings. The highest BCUT2D eigenvalue weighted by Gasteiger charge is 2.14. The minimum Gasteiger partial charge on any atom is -0.384 e. The SMILES string of the molecule is COCC(C)CC(=O)N(C)Cc1ccccc1C#CCO. The van der Waals surface area contributed by atoms with Crippen LogP contribution in [0, 0.1) is 17.8 Å². The monoisotopic (exact) mass is 289 g/mol. The lowest BCUT2D eigenvalue weighted by atomic mass is 10.1. The Morgan fingerprint density at radius 1 is 1.43 bits per heavy atom. The molecule has 1 unspecified atom stereocenters. The highest BCUT2D eigenvalue weighted by atomic mass is 16.5. The van der Waals surface area contributed by atoms with Crippen LogP contribution in [0.15, 0.2) is 24.3 Å². The number of nitrogens with zero attached hydrogens (tertiary/aromatic N) is 1. The van der Waals surface area contributed by atoms with Crippen LogP contribution in [0.2, 0.25) is 0 Å². The highest BCUT2D eigenvalue weighted by molar-refractivity contribution is 5.76. The van der Waals surface area contributed by atoms with Gasteiger partial charge in [0.25, 0.3) is 0 Å². The fourth-order valence-corrected chi connectivity index (χ4v) is 2.06. The summed E-state index contributed by atoms with van der Waals surface area (Å²) >= 11 is 0. The van der Waals surface area contributed by atoms with Gasteiger partial charge in [-0.05, 0) is 17.5 Å². The second kappa shape index (κ2) is 9.17. The number of aliphatic hydroxyl groups is 1. The number of hydrogen-bond donors (Lipinski definition) is 1. The molecule has 0 aliphatic heterocycles. The van der Waals surface area contributed by atoms with E-state index in [2.05, 4.69) is 11.8 Å². The molecule has 1 atom stereocenters. The van der Waals surface area contributed by atoms with E-state index in [1.165, 1.54) is 0 Å². The number of hydrogen-bond acceptors (Lipinski definition) is 3. The average molecular weight is 289 g/mol. The van der Waals surface area contributed by atoms with Crippen LogP contribution in [-0.2, 0) is 16.1 Å². The van der Waals surface area contributed by atoms with Crippen molar-refractivity contribution in [3.8, 4) is 11.8 Å². The second-order valence-corrected chi connectivity index (χ2v) is 5.13. The molecule has 0 aromatic heterocycles. The van der Waals surface area contributed by atoms with Crippen molar-refractivity contribution >= 4 is 5.91 Å². The largest absolute Gasteiger partial charge is 0.384 e. The van der Waals surface area contributed by atoms with Crippen LogP contribution in [-0.4, -0.2) is 43.3 Å². The van der Waals surface area contributed by atoms with E-state index in [-0.39, 0.29) is 18.4 Å². The molecule has 21 heavy (non-hydrogen) atoms. The molecular weight excluding hydrogens is 266 g/mol. The molecule has 1 aromatic carbocycles. The summed E-state index contributed by atoms with van der Waals surface area (Å²) in [5, 5.41) is 8.79. The number of benzene rings is 1. The standard InChI is InChI=1S/C17H23NO3/c1-14(13-21-3)11-17(20)18(2)12-16-8-5-4-7-15(16)9-6-10-19/h4-5,7-8,14,19H,10-13H2,1-3H3. The molecule has 4 heteroatoms. The summed E-state index contributed by atoms with van der Waals surface area (Å²) in [5.74, 6) is 5.84. The molecule has 0 spiro atoms. The van der Waals surface area contributed by atoms with E-state index in [1.54, 1.807) is 19.1 Å². The van der Waals surface area contributed by atoms with Crippen molar-refractivity contribution in [1.82, 2.24) is 4.90 Å². The molecule has 1 N–H and O–H groups in total. The molecule has 0 radical (unpaired) electrons. The Balaban J connectivity index is 2.70. The number of ether oxygens (including phenoxy) is 1. The molecule has 114 valence electrons. The maximum absolute atomic E-state index is 12.2. The minimum absolute atomic E-state index is 0.0875. The summed E-state index contributed by atoms with van der Waals surface area (Å²) in [7, 11) is 3.43. The first kappa shape index (κ1) is 17.2. The third-order valence-electron chi connectivity index (χ3n) is 3.13. The second-order valence-electron chi connectivity index (χ2n) is 5.13. The minimum atomic E-state index is -0.169. The first-order chi connectivity index (χ1) is 10.1. The van der Waals surface area contributed by atoms with Gasteiger partial charge in [0.2, 0.25) is 5.91 Å². The lowest BCUT2D eigenvalue weighted by Crippen LogP contribution is -2.28. The molecule has 0 fully saturated rings. The van der Waals surface area contributed by atoms with Crippen molar-refractivity contribution < 1.29 is 14.6 Å². The summed E-state index contributed by atoms with van der Waals surface area (Å²) in [6, 6.07) is 7.66. The maximum Gasteiger partial charge on any atom is 0.222 e. The Bertz CT molecular complexity index is 516. The summed E-state index contributed by atoms with van der Waals surface area (Å²) in [6.45, 7) is 2.92. The van der Waals surface area contributed by atoms with Crippen molar-refractivity contribution in [3.05, 3.63) is 35.4 Å². The zero-order valence-corrected chi connectivity index (χ0v) is 12.9. The Kier molecular flexibility index (Phi) is 7.52. The molecule has 0 aliphatic rings. The average Bonchev–Trinajstić information content (AvgIpc) is 2.46. The summed E-state index contributed by atoms with van der Waals surface area (Å²) in [4.78, 5) is 13.9. The quantitative estimate of drug-likeness (QED) is 0.810. The molecule has 0 saturated carbocycles. The number of methoxy groups -OCH3 is 1. The Hall–Kier alpha value is -1.83. The van der Waals surface area contributed by atoms with Gasteiger partial charge in [0.05, 0.1) is 0 Å².